The number of hydrogen-bond acceptors (Lipinski definition) is 4. The zero-order valence-electron chi connectivity index (χ0n) is 25.3. The van der Waals surface area contributed by atoms with Crippen molar-refractivity contribution in [2.45, 2.75) is 79.0 Å². The van der Waals surface area contributed by atoms with Crippen molar-refractivity contribution in [3.63, 3.8) is 0 Å². The first-order valence-electron chi connectivity index (χ1n) is 13.1. The van der Waals surface area contributed by atoms with Crippen LogP contribution in [0.5, 0.6) is 0 Å². The van der Waals surface area contributed by atoms with Gasteiger partial charge in [0.2, 0.25) is 0 Å². The van der Waals surface area contributed by atoms with Gasteiger partial charge in [0.05, 0.1) is 38.4 Å². The van der Waals surface area contributed by atoms with Crippen LogP contribution >= 0.6 is 0 Å². The zero-order chi connectivity index (χ0) is 44.0. The van der Waals surface area contributed by atoms with E-state index in [0.717, 1.165) is 30.3 Å². The van der Waals surface area contributed by atoms with Crippen LogP contribution in [0.4, 0.5) is 119 Å². The minimum absolute atomic E-state index is 0.472. The molecule has 1 aromatic carbocycles. The average Bonchev–Trinajstić information content (AvgIpc) is 2.87. The van der Waals surface area contributed by atoms with Gasteiger partial charge < -0.3 is 18.9 Å². The lowest BCUT2D eigenvalue weighted by Crippen LogP contribution is -2.71. The van der Waals surface area contributed by atoms with E-state index >= 15 is 0 Å². The second kappa shape index (κ2) is 15.2. The maximum atomic E-state index is 13.6. The summed E-state index contributed by atoms with van der Waals surface area (Å²) in [5.74, 6) is 0. The largest absolute Gasteiger partial charge is 0.435 e. The van der Waals surface area contributed by atoms with Gasteiger partial charge in [0.15, 0.2) is 0 Å². The van der Waals surface area contributed by atoms with Crippen LogP contribution in [0.3, 0.4) is 0 Å². The van der Waals surface area contributed by atoms with Crippen molar-refractivity contribution in [1.82, 2.24) is 0 Å². The van der Waals surface area contributed by atoms with Crippen LogP contribution in [-0.2, 0) is 25.6 Å². The van der Waals surface area contributed by atoms with Crippen molar-refractivity contribution in [3.05, 3.63) is 35.9 Å². The molecule has 1 aromatic rings. The maximum Gasteiger partial charge on any atom is 0.435 e. The fourth-order valence-corrected chi connectivity index (χ4v) is 4.18. The Bertz CT molecular complexity index is 1130. The number of alkyl halides is 27. The Morgan fingerprint density at radius 1 is 0.309 bits per heavy atom. The zero-order valence-corrected chi connectivity index (χ0v) is 25.3. The predicted octanol–water partition coefficient (Wildman–Crippen LogP) is 10.5. The molecule has 0 radical (unpaired) electrons. The highest BCUT2D eigenvalue weighted by molar-refractivity contribution is 5.13. The highest BCUT2D eigenvalue weighted by Crippen LogP contribution is 2.59. The number of rotatable bonds is 13. The first kappa shape index (κ1) is 50.2. The molecule has 31 heteroatoms. The Hall–Kier alpha value is -2.83. The lowest BCUT2D eigenvalue weighted by atomic mass is 9.89. The smallest absolute Gasteiger partial charge is 0.376 e. The van der Waals surface area contributed by atoms with Crippen molar-refractivity contribution in [1.29, 1.82) is 0 Å². The van der Waals surface area contributed by atoms with Gasteiger partial charge in [0, 0.05) is 0 Å². The van der Waals surface area contributed by atoms with Gasteiger partial charge in [0.1, 0.15) is 0 Å². The van der Waals surface area contributed by atoms with Crippen LogP contribution in [0.2, 0.25) is 0 Å². The molecule has 0 fully saturated rings. The first-order valence-corrected chi connectivity index (χ1v) is 13.1. The summed E-state index contributed by atoms with van der Waals surface area (Å²) in [6.45, 7) is -16.2. The topological polar surface area (TPSA) is 36.9 Å². The Morgan fingerprint density at radius 2 is 0.527 bits per heavy atom. The molecule has 0 aliphatic carbocycles. The number of halogens is 27. The molecule has 0 saturated carbocycles. The van der Waals surface area contributed by atoms with Crippen LogP contribution in [0.25, 0.3) is 0 Å². The number of ether oxygens (including phenoxy) is 4. The maximum absolute atomic E-state index is 13.6. The Morgan fingerprint density at radius 3 is 0.727 bits per heavy atom. The molecular weight excluding hydrogens is 865 g/mol. The van der Waals surface area contributed by atoms with E-state index in [9.17, 15) is 119 Å². The highest BCUT2D eigenvalue weighted by atomic mass is 19.5. The lowest BCUT2D eigenvalue weighted by molar-refractivity contribution is -0.474. The van der Waals surface area contributed by atoms with Crippen LogP contribution < -0.4 is 0 Å². The third-order valence-corrected chi connectivity index (χ3v) is 6.90. The fourth-order valence-electron chi connectivity index (χ4n) is 4.18. The van der Waals surface area contributed by atoms with E-state index in [-0.39, 0.29) is 0 Å². The molecule has 0 aromatic heterocycles. The molecule has 0 spiro atoms. The van der Waals surface area contributed by atoms with Crippen molar-refractivity contribution < 1.29 is 137 Å². The summed E-state index contributed by atoms with van der Waals surface area (Å²) in [5, 5.41) is 0. The quantitative estimate of drug-likeness (QED) is 0.185. The van der Waals surface area contributed by atoms with E-state index in [0.29, 0.717) is 0 Å². The molecule has 55 heavy (non-hydrogen) atoms. The molecule has 0 unspecified atom stereocenters. The first-order chi connectivity index (χ1) is 23.9. The SMILES string of the molecule is FC(F)(F)C(OCC(COCc1ccccc1)(COC(C(F)(F)F)(C(F)(F)F)C(F)(F)F)COC(C(F)(F)F)(C(F)(F)F)C(F)(F)F)(C(F)(F)F)C(F)(F)F. The van der Waals surface area contributed by atoms with Gasteiger partial charge in [-0.3, -0.25) is 0 Å². The molecule has 0 atom stereocenters. The standard InChI is InChI=1S/C24H15F27O4/c25-16(26,27)13(17(28,29)30,18(31,32)33)53-8-12(7-52-6-11-4-2-1-3-5-11,9-54-14(19(34,35)36,20(37,38)39)21(40,41)42)10-55-15(22(43,44)45,23(46,47)48)24(49,50)51/h1-5H,6-10H2. The van der Waals surface area contributed by atoms with Crippen LogP contribution in [0, 0.1) is 5.41 Å². The van der Waals surface area contributed by atoms with Crippen molar-refractivity contribution in [2.75, 3.05) is 26.4 Å². The molecule has 0 bridgehead atoms. The third-order valence-electron chi connectivity index (χ3n) is 6.90. The average molecular weight is 880 g/mol. The van der Waals surface area contributed by atoms with Crippen LogP contribution in [0.15, 0.2) is 30.3 Å². The van der Waals surface area contributed by atoms with E-state index in [2.05, 4.69) is 18.9 Å². The predicted molar refractivity (Wildman–Crippen MR) is 119 cm³/mol. The van der Waals surface area contributed by atoms with Crippen LogP contribution in [0.1, 0.15) is 5.56 Å². The van der Waals surface area contributed by atoms with Gasteiger partial charge >= 0.3 is 72.4 Å². The van der Waals surface area contributed by atoms with E-state index in [4.69, 9.17) is 0 Å². The van der Waals surface area contributed by atoms with Gasteiger partial charge in [-0.05, 0) is 5.56 Å². The molecule has 4 nitrogen and oxygen atoms in total. The summed E-state index contributed by atoms with van der Waals surface area (Å²) in [7, 11) is 0. The van der Waals surface area contributed by atoms with Crippen molar-refractivity contribution >= 4 is 0 Å². The Balaban J connectivity index is 4.41. The summed E-state index contributed by atoms with van der Waals surface area (Å²) < 4.78 is 378. The molecule has 324 valence electrons. The van der Waals surface area contributed by atoms with Gasteiger partial charge in [-0.2, -0.15) is 119 Å². The fraction of sp³-hybridized carbons (Fsp3) is 0.750. The van der Waals surface area contributed by atoms with Gasteiger partial charge in [-0.15, -0.1) is 0 Å². The normalized spacial score (nSPS) is 15.8. The number of benzene rings is 1. The molecule has 0 aliphatic rings. The highest BCUT2D eigenvalue weighted by Gasteiger charge is 2.88. The minimum Gasteiger partial charge on any atom is -0.376 e. The van der Waals surface area contributed by atoms with Gasteiger partial charge in [-0.1, -0.05) is 30.3 Å². The molecular formula is C24H15F27O4. The van der Waals surface area contributed by atoms with Crippen molar-refractivity contribution in [2.24, 2.45) is 5.41 Å². The van der Waals surface area contributed by atoms with E-state index < -0.39 is 116 Å². The molecule has 1 rings (SSSR count). The molecule has 0 aliphatic heterocycles. The Labute approximate surface area is 285 Å². The summed E-state index contributed by atoms with van der Waals surface area (Å²) in [6.07, 6.45) is -72.2. The second-order valence-electron chi connectivity index (χ2n) is 10.9. The number of hydrogen-bond donors (Lipinski definition) is 0. The molecule has 0 N–H and O–H groups in total. The van der Waals surface area contributed by atoms with E-state index in [1.807, 2.05) is 0 Å². The van der Waals surface area contributed by atoms with Crippen LogP contribution in [-0.4, -0.2) is 98.8 Å². The molecule has 0 saturated heterocycles. The van der Waals surface area contributed by atoms with Gasteiger partial charge in [0.25, 0.3) is 0 Å². The summed E-state index contributed by atoms with van der Waals surface area (Å²) in [5.41, 5.74) is -29.2. The second-order valence-corrected chi connectivity index (χ2v) is 10.9. The van der Waals surface area contributed by atoms with Crippen molar-refractivity contribution in [3.8, 4) is 0 Å². The van der Waals surface area contributed by atoms with E-state index in [1.165, 1.54) is 0 Å². The molecule has 0 heterocycles. The Kier molecular flexibility index (Phi) is 13.8. The summed E-state index contributed by atoms with van der Waals surface area (Å²) >= 11 is 0. The monoisotopic (exact) mass is 880 g/mol. The molecule has 0 amide bonds. The lowest BCUT2D eigenvalue weighted by Gasteiger charge is -2.45. The summed E-state index contributed by atoms with van der Waals surface area (Å²) in [6, 6.07) is 4.62. The van der Waals surface area contributed by atoms with E-state index in [1.54, 1.807) is 0 Å². The third kappa shape index (κ3) is 9.49. The van der Waals surface area contributed by atoms with Gasteiger partial charge in [-0.25, -0.2) is 0 Å². The summed E-state index contributed by atoms with van der Waals surface area (Å²) in [4.78, 5) is 0. The minimum atomic E-state index is -8.02.